The molecule has 1 saturated carbocycles. The molecule has 2 heteroatoms. The molecule has 0 spiro atoms. The number of rotatable bonds is 3. The van der Waals surface area contributed by atoms with Gasteiger partial charge in [0.25, 0.3) is 0 Å². The first-order chi connectivity index (χ1) is 6.66. The Morgan fingerprint density at radius 1 is 1.43 bits per heavy atom. The van der Waals surface area contributed by atoms with Crippen LogP contribution >= 0.6 is 11.6 Å². The van der Waals surface area contributed by atoms with Crippen LogP contribution < -0.4 is 0 Å². The largest absolute Gasteiger partial charge is 0.392 e. The first-order valence-corrected chi connectivity index (χ1v) is 5.47. The fourth-order valence-corrected chi connectivity index (χ4v) is 2.03. The molecular weight excluding hydrogens is 196 g/mol. The summed E-state index contributed by atoms with van der Waals surface area (Å²) in [5.74, 6) is 1.22. The number of halogens is 1. The highest BCUT2D eigenvalue weighted by atomic mass is 35.5. The number of hydrogen-bond acceptors (Lipinski definition) is 1. The topological polar surface area (TPSA) is 20.2 Å². The van der Waals surface area contributed by atoms with Gasteiger partial charge in [-0.25, -0.2) is 0 Å². The highest BCUT2D eigenvalue weighted by molar-refractivity contribution is 6.30. The van der Waals surface area contributed by atoms with Gasteiger partial charge in [0, 0.05) is 5.02 Å². The molecule has 14 heavy (non-hydrogen) atoms. The zero-order valence-corrected chi connectivity index (χ0v) is 9.04. The summed E-state index contributed by atoms with van der Waals surface area (Å²) in [5.41, 5.74) is 1.17. The van der Waals surface area contributed by atoms with Crippen molar-refractivity contribution >= 4 is 11.6 Å². The zero-order chi connectivity index (χ0) is 10.1. The number of aliphatic hydroxyl groups is 1. The van der Waals surface area contributed by atoms with E-state index in [9.17, 15) is 5.11 Å². The predicted octanol–water partition coefficient (Wildman–Crippen LogP) is 2.90. The van der Waals surface area contributed by atoms with Crippen molar-refractivity contribution in [3.05, 3.63) is 34.9 Å². The Hall–Kier alpha value is -0.530. The Bertz CT molecular complexity index is 307. The second-order valence-corrected chi connectivity index (χ2v) is 4.71. The number of benzene rings is 1. The number of aliphatic hydroxyl groups excluding tert-OH is 1. The fourth-order valence-electron chi connectivity index (χ4n) is 1.90. The van der Waals surface area contributed by atoms with E-state index in [4.69, 9.17) is 11.6 Å². The molecule has 1 aromatic carbocycles. The molecule has 0 radical (unpaired) electrons. The van der Waals surface area contributed by atoms with Gasteiger partial charge >= 0.3 is 0 Å². The van der Waals surface area contributed by atoms with E-state index in [2.05, 4.69) is 6.92 Å². The van der Waals surface area contributed by atoms with Crippen LogP contribution in [-0.2, 0) is 6.42 Å². The molecule has 2 rings (SSSR count). The second-order valence-electron chi connectivity index (χ2n) is 4.27. The molecule has 3 unspecified atom stereocenters. The van der Waals surface area contributed by atoms with E-state index in [1.807, 2.05) is 24.3 Å². The average molecular weight is 211 g/mol. The molecule has 0 bridgehead atoms. The molecule has 1 aliphatic carbocycles. The Labute approximate surface area is 89.7 Å². The van der Waals surface area contributed by atoms with Crippen LogP contribution in [0.5, 0.6) is 0 Å². The number of hydrogen-bond donors (Lipinski definition) is 1. The summed E-state index contributed by atoms with van der Waals surface area (Å²) in [7, 11) is 0. The lowest BCUT2D eigenvalue weighted by Gasteiger charge is -2.09. The van der Waals surface area contributed by atoms with E-state index in [1.54, 1.807) is 0 Å². The van der Waals surface area contributed by atoms with Gasteiger partial charge in [0.15, 0.2) is 0 Å². The van der Waals surface area contributed by atoms with Gasteiger partial charge in [-0.1, -0.05) is 30.7 Å². The zero-order valence-electron chi connectivity index (χ0n) is 8.28. The van der Waals surface area contributed by atoms with Crippen LogP contribution in [0.2, 0.25) is 5.02 Å². The maximum Gasteiger partial charge on any atom is 0.0611 e. The van der Waals surface area contributed by atoms with Crippen LogP contribution in [0.15, 0.2) is 24.3 Å². The molecule has 0 amide bonds. The van der Waals surface area contributed by atoms with Crippen molar-refractivity contribution in [2.45, 2.75) is 25.9 Å². The summed E-state index contributed by atoms with van der Waals surface area (Å²) in [6.07, 6.45) is 1.76. The minimum absolute atomic E-state index is 0.175. The highest BCUT2D eigenvalue weighted by Crippen LogP contribution is 2.41. The average Bonchev–Trinajstić information content (AvgIpc) is 2.87. The molecule has 1 nitrogen and oxygen atoms in total. The lowest BCUT2D eigenvalue weighted by atomic mass is 10.0. The van der Waals surface area contributed by atoms with Gasteiger partial charge in [0.2, 0.25) is 0 Å². The van der Waals surface area contributed by atoms with Gasteiger partial charge in [0.05, 0.1) is 6.10 Å². The Morgan fingerprint density at radius 2 is 2.00 bits per heavy atom. The molecule has 0 saturated heterocycles. The van der Waals surface area contributed by atoms with E-state index in [0.29, 0.717) is 11.8 Å². The van der Waals surface area contributed by atoms with Crippen molar-refractivity contribution in [3.63, 3.8) is 0 Å². The van der Waals surface area contributed by atoms with Gasteiger partial charge < -0.3 is 5.11 Å². The molecule has 3 atom stereocenters. The van der Waals surface area contributed by atoms with Crippen LogP contribution in [0, 0.1) is 11.8 Å². The Kier molecular flexibility index (Phi) is 2.80. The summed E-state index contributed by atoms with van der Waals surface area (Å²) in [6, 6.07) is 7.72. The van der Waals surface area contributed by atoms with Crippen molar-refractivity contribution < 1.29 is 5.11 Å². The summed E-state index contributed by atoms with van der Waals surface area (Å²) in [6.45, 7) is 2.19. The van der Waals surface area contributed by atoms with Crippen molar-refractivity contribution in [2.75, 3.05) is 0 Å². The fraction of sp³-hybridized carbons (Fsp3) is 0.500. The second kappa shape index (κ2) is 3.92. The van der Waals surface area contributed by atoms with Crippen LogP contribution in [0.1, 0.15) is 18.9 Å². The smallest absolute Gasteiger partial charge is 0.0611 e. The summed E-state index contributed by atoms with van der Waals surface area (Å²) in [4.78, 5) is 0. The summed E-state index contributed by atoms with van der Waals surface area (Å²) < 4.78 is 0. The Morgan fingerprint density at radius 3 is 2.50 bits per heavy atom. The van der Waals surface area contributed by atoms with Crippen LogP contribution in [-0.4, -0.2) is 11.2 Å². The molecule has 1 fully saturated rings. The molecule has 1 aliphatic rings. The first-order valence-electron chi connectivity index (χ1n) is 5.09. The molecule has 1 N–H and O–H groups in total. The monoisotopic (exact) mass is 210 g/mol. The summed E-state index contributed by atoms with van der Waals surface area (Å²) in [5, 5.41) is 10.6. The minimum Gasteiger partial charge on any atom is -0.392 e. The van der Waals surface area contributed by atoms with Gasteiger partial charge in [-0.2, -0.15) is 0 Å². The van der Waals surface area contributed by atoms with E-state index in [-0.39, 0.29) is 6.10 Å². The van der Waals surface area contributed by atoms with Crippen LogP contribution in [0.3, 0.4) is 0 Å². The lowest BCUT2D eigenvalue weighted by molar-refractivity contribution is 0.146. The van der Waals surface area contributed by atoms with Gasteiger partial charge in [-0.15, -0.1) is 0 Å². The first kappa shape index (κ1) is 10.0. The lowest BCUT2D eigenvalue weighted by Crippen LogP contribution is -2.13. The normalized spacial score (nSPS) is 27.4. The van der Waals surface area contributed by atoms with Gasteiger partial charge in [-0.3, -0.25) is 0 Å². The van der Waals surface area contributed by atoms with Crippen molar-refractivity contribution in [2.24, 2.45) is 11.8 Å². The maximum absolute atomic E-state index is 9.85. The standard InChI is InChI=1S/C12H15ClO/c1-8-6-11(8)12(14)7-9-2-4-10(13)5-3-9/h2-5,8,11-12,14H,6-7H2,1H3. The highest BCUT2D eigenvalue weighted by Gasteiger charge is 2.38. The van der Waals surface area contributed by atoms with E-state index in [1.165, 1.54) is 12.0 Å². The third kappa shape index (κ3) is 2.28. The van der Waals surface area contributed by atoms with Crippen molar-refractivity contribution in [1.82, 2.24) is 0 Å². The molecule has 76 valence electrons. The van der Waals surface area contributed by atoms with Crippen molar-refractivity contribution in [1.29, 1.82) is 0 Å². The summed E-state index contributed by atoms with van der Waals surface area (Å²) >= 11 is 5.78. The van der Waals surface area contributed by atoms with Gasteiger partial charge in [0.1, 0.15) is 0 Å². The quantitative estimate of drug-likeness (QED) is 0.814. The minimum atomic E-state index is -0.175. The predicted molar refractivity (Wildman–Crippen MR) is 58.4 cm³/mol. The van der Waals surface area contributed by atoms with E-state index < -0.39 is 0 Å². The van der Waals surface area contributed by atoms with Crippen molar-refractivity contribution in [3.8, 4) is 0 Å². The van der Waals surface area contributed by atoms with Gasteiger partial charge in [-0.05, 0) is 42.4 Å². The molecule has 0 aromatic heterocycles. The maximum atomic E-state index is 9.85. The molecular formula is C12H15ClO. The molecule has 0 aliphatic heterocycles. The SMILES string of the molecule is CC1CC1C(O)Cc1ccc(Cl)cc1. The van der Waals surface area contributed by atoms with E-state index >= 15 is 0 Å². The molecule has 1 aromatic rings. The van der Waals surface area contributed by atoms with Crippen LogP contribution in [0.25, 0.3) is 0 Å². The third-order valence-corrected chi connectivity index (χ3v) is 3.28. The molecule has 0 heterocycles. The van der Waals surface area contributed by atoms with E-state index in [0.717, 1.165) is 11.4 Å². The third-order valence-electron chi connectivity index (χ3n) is 3.02. The Balaban J connectivity index is 1.93. The van der Waals surface area contributed by atoms with Crippen LogP contribution in [0.4, 0.5) is 0 Å².